The first kappa shape index (κ1) is 23.2. The molecular weight excluding hydrogens is 331 g/mol. The Bertz CT molecular complexity index is 512. The van der Waals surface area contributed by atoms with Gasteiger partial charge in [-0.3, -0.25) is 4.79 Å². The van der Waals surface area contributed by atoms with Crippen LogP contribution in [-0.2, 0) is 22.3 Å². The Morgan fingerprint density at radius 3 is 2.28 bits per heavy atom. The predicted molar refractivity (Wildman–Crippen MR) is 94.1 cm³/mol. The predicted octanol–water partition coefficient (Wildman–Crippen LogP) is 5.06. The van der Waals surface area contributed by atoms with Crippen LogP contribution in [0.1, 0.15) is 45.2 Å². The molecule has 1 aliphatic rings. The Hall–Kier alpha value is -1.82. The van der Waals surface area contributed by atoms with E-state index in [1.54, 1.807) is 4.90 Å². The van der Waals surface area contributed by atoms with Gasteiger partial charge in [0, 0.05) is 13.1 Å². The van der Waals surface area contributed by atoms with E-state index in [0.717, 1.165) is 18.6 Å². The van der Waals surface area contributed by atoms with Crippen molar-refractivity contribution >= 4 is 5.91 Å². The third-order valence-corrected chi connectivity index (χ3v) is 3.40. The van der Waals surface area contributed by atoms with Crippen molar-refractivity contribution in [2.24, 2.45) is 0 Å². The smallest absolute Gasteiger partial charge is 0.372 e. The van der Waals surface area contributed by atoms with Crippen LogP contribution in [0.5, 0.6) is 0 Å². The number of ether oxygens (including phenoxy) is 1. The first-order chi connectivity index (χ1) is 11.9. The third-order valence-electron chi connectivity index (χ3n) is 3.40. The Morgan fingerprint density at radius 1 is 1.24 bits per heavy atom. The molecule has 0 spiro atoms. The van der Waals surface area contributed by atoms with E-state index >= 15 is 0 Å². The fraction of sp³-hybridized carbons (Fsp3) is 0.526. The second kappa shape index (κ2) is 11.7. The highest BCUT2D eigenvalue weighted by molar-refractivity contribution is 5.87. The van der Waals surface area contributed by atoms with Crippen molar-refractivity contribution in [2.45, 2.75) is 53.0 Å². The summed E-state index contributed by atoms with van der Waals surface area (Å²) >= 11 is 0. The number of benzene rings is 1. The molecule has 1 unspecified atom stereocenters. The van der Waals surface area contributed by atoms with Gasteiger partial charge in [-0.15, -0.1) is 0 Å². The number of hydrogen-bond donors (Lipinski definition) is 0. The standard InChI is InChI=1S/C15H16F3NO2.2C2H6/c1-2-14(20)19-8-7-13(9-19)21-10-11-3-5-12(6-4-11)15(16,17)18;2*1-2/h2-6,13H,1,7-10H2;2*1-2H3. The zero-order valence-corrected chi connectivity index (χ0v) is 15.4. The number of carbonyl (C=O) groups is 1. The summed E-state index contributed by atoms with van der Waals surface area (Å²) in [4.78, 5) is 13.1. The molecule has 1 aliphatic heterocycles. The van der Waals surface area contributed by atoms with Gasteiger partial charge in [-0.05, 0) is 30.2 Å². The minimum atomic E-state index is -4.32. The Labute approximate surface area is 148 Å². The van der Waals surface area contributed by atoms with Crippen molar-refractivity contribution in [3.05, 3.63) is 48.0 Å². The quantitative estimate of drug-likeness (QED) is 0.703. The van der Waals surface area contributed by atoms with Gasteiger partial charge >= 0.3 is 6.18 Å². The van der Waals surface area contributed by atoms with Crippen LogP contribution in [-0.4, -0.2) is 30.0 Å². The molecule has 1 saturated heterocycles. The number of likely N-dealkylation sites (tertiary alicyclic amines) is 1. The molecule has 0 aromatic heterocycles. The second-order valence-electron chi connectivity index (χ2n) is 4.90. The molecule has 142 valence electrons. The number of amides is 1. The van der Waals surface area contributed by atoms with E-state index in [-0.39, 0.29) is 18.6 Å². The van der Waals surface area contributed by atoms with Gasteiger partial charge in [0.1, 0.15) is 0 Å². The molecule has 6 heteroatoms. The molecule has 2 rings (SSSR count). The van der Waals surface area contributed by atoms with Gasteiger partial charge in [-0.1, -0.05) is 46.4 Å². The molecule has 1 fully saturated rings. The first-order valence-corrected chi connectivity index (χ1v) is 8.59. The van der Waals surface area contributed by atoms with Crippen LogP contribution >= 0.6 is 0 Å². The summed E-state index contributed by atoms with van der Waals surface area (Å²) in [5, 5.41) is 0. The van der Waals surface area contributed by atoms with Gasteiger partial charge < -0.3 is 9.64 Å². The molecule has 0 saturated carbocycles. The maximum absolute atomic E-state index is 12.4. The van der Waals surface area contributed by atoms with E-state index in [1.807, 2.05) is 27.7 Å². The van der Waals surface area contributed by atoms with E-state index in [4.69, 9.17) is 4.74 Å². The maximum Gasteiger partial charge on any atom is 0.416 e. The largest absolute Gasteiger partial charge is 0.416 e. The van der Waals surface area contributed by atoms with Crippen LogP contribution in [0.2, 0.25) is 0 Å². The SMILES string of the molecule is C=CC(=O)N1CCC(OCc2ccc(C(F)(F)F)cc2)C1.CC.CC. The van der Waals surface area contributed by atoms with Crippen LogP contribution in [0.25, 0.3) is 0 Å². The van der Waals surface area contributed by atoms with Gasteiger partial charge in [0.05, 0.1) is 18.3 Å². The summed E-state index contributed by atoms with van der Waals surface area (Å²) in [5.74, 6) is -0.129. The zero-order valence-electron chi connectivity index (χ0n) is 15.4. The number of hydrogen-bond acceptors (Lipinski definition) is 2. The molecule has 0 radical (unpaired) electrons. The molecule has 25 heavy (non-hydrogen) atoms. The Morgan fingerprint density at radius 2 is 1.80 bits per heavy atom. The molecule has 1 amide bonds. The monoisotopic (exact) mass is 359 g/mol. The van der Waals surface area contributed by atoms with E-state index in [2.05, 4.69) is 6.58 Å². The fourth-order valence-corrected chi connectivity index (χ4v) is 2.20. The normalized spacial score (nSPS) is 16.3. The summed E-state index contributed by atoms with van der Waals surface area (Å²) in [7, 11) is 0. The van der Waals surface area contributed by atoms with Crippen LogP contribution in [0, 0.1) is 0 Å². The fourth-order valence-electron chi connectivity index (χ4n) is 2.20. The number of rotatable bonds is 4. The third kappa shape index (κ3) is 7.73. The summed E-state index contributed by atoms with van der Waals surface area (Å²) in [5.41, 5.74) is 0.00590. The first-order valence-electron chi connectivity index (χ1n) is 8.59. The summed E-state index contributed by atoms with van der Waals surface area (Å²) in [6, 6.07) is 4.90. The zero-order chi connectivity index (χ0) is 19.5. The van der Waals surface area contributed by atoms with Gasteiger partial charge in [-0.25, -0.2) is 0 Å². The van der Waals surface area contributed by atoms with E-state index < -0.39 is 11.7 Å². The van der Waals surface area contributed by atoms with Crippen molar-refractivity contribution in [3.63, 3.8) is 0 Å². The highest BCUT2D eigenvalue weighted by Crippen LogP contribution is 2.29. The van der Waals surface area contributed by atoms with Crippen molar-refractivity contribution in [1.82, 2.24) is 4.90 Å². The lowest BCUT2D eigenvalue weighted by Crippen LogP contribution is -2.28. The second-order valence-corrected chi connectivity index (χ2v) is 4.90. The maximum atomic E-state index is 12.4. The topological polar surface area (TPSA) is 29.5 Å². The van der Waals surface area contributed by atoms with Crippen LogP contribution in [0.3, 0.4) is 0 Å². The number of halogens is 3. The van der Waals surface area contributed by atoms with E-state index in [9.17, 15) is 18.0 Å². The lowest BCUT2D eigenvalue weighted by atomic mass is 10.1. The molecule has 1 atom stereocenters. The van der Waals surface area contributed by atoms with Gasteiger partial charge in [0.2, 0.25) is 5.91 Å². The van der Waals surface area contributed by atoms with E-state index in [0.29, 0.717) is 18.7 Å². The van der Waals surface area contributed by atoms with Crippen molar-refractivity contribution < 1.29 is 22.7 Å². The minimum Gasteiger partial charge on any atom is -0.372 e. The number of carbonyl (C=O) groups excluding carboxylic acids is 1. The summed E-state index contributed by atoms with van der Waals surface area (Å²) < 4.78 is 42.9. The summed E-state index contributed by atoms with van der Waals surface area (Å²) in [6.45, 7) is 12.8. The molecule has 0 aliphatic carbocycles. The average Bonchev–Trinajstić information content (AvgIpc) is 3.11. The van der Waals surface area contributed by atoms with Gasteiger partial charge in [0.25, 0.3) is 0 Å². The van der Waals surface area contributed by atoms with Crippen LogP contribution in [0.4, 0.5) is 13.2 Å². The Kier molecular flexibility index (Phi) is 10.8. The van der Waals surface area contributed by atoms with E-state index in [1.165, 1.54) is 18.2 Å². The average molecular weight is 359 g/mol. The van der Waals surface area contributed by atoms with Crippen LogP contribution < -0.4 is 0 Å². The van der Waals surface area contributed by atoms with Crippen molar-refractivity contribution in [3.8, 4) is 0 Å². The van der Waals surface area contributed by atoms with Gasteiger partial charge in [-0.2, -0.15) is 13.2 Å². The number of alkyl halides is 3. The lowest BCUT2D eigenvalue weighted by molar-refractivity contribution is -0.137. The molecule has 1 heterocycles. The summed E-state index contributed by atoms with van der Waals surface area (Å²) in [6.07, 6.45) is -2.43. The van der Waals surface area contributed by atoms with Crippen molar-refractivity contribution in [1.29, 1.82) is 0 Å². The highest BCUT2D eigenvalue weighted by atomic mass is 19.4. The Balaban J connectivity index is 0.00000134. The molecule has 1 aromatic carbocycles. The molecular formula is C19H28F3NO2. The highest BCUT2D eigenvalue weighted by Gasteiger charge is 2.30. The molecule has 0 bridgehead atoms. The number of nitrogens with zero attached hydrogens (tertiary/aromatic N) is 1. The van der Waals surface area contributed by atoms with Gasteiger partial charge in [0.15, 0.2) is 0 Å². The lowest BCUT2D eigenvalue weighted by Gasteiger charge is -2.15. The minimum absolute atomic E-state index is 0.0869. The molecule has 3 nitrogen and oxygen atoms in total. The van der Waals surface area contributed by atoms with Crippen LogP contribution in [0.15, 0.2) is 36.9 Å². The molecule has 1 aromatic rings. The van der Waals surface area contributed by atoms with Crippen molar-refractivity contribution in [2.75, 3.05) is 13.1 Å². The molecule has 0 N–H and O–H groups in total.